The van der Waals surface area contributed by atoms with Crippen LogP contribution in [0.25, 0.3) is 0 Å². The zero-order chi connectivity index (χ0) is 22.9. The topological polar surface area (TPSA) is 62.4 Å². The molecule has 4 saturated carbocycles. The van der Waals surface area contributed by atoms with E-state index in [-0.39, 0.29) is 40.3 Å². The maximum Gasteiger partial charge on any atom is 0.199 e. The number of carbonyl (C=O) groups excluding carboxylic acids is 1. The number of hydrogen-bond donors (Lipinski definition) is 1. The molecule has 2 saturated heterocycles. The summed E-state index contributed by atoms with van der Waals surface area (Å²) in [5.74, 6) is 3.31. The highest BCUT2D eigenvalue weighted by molar-refractivity contribution is 6.01. The highest BCUT2D eigenvalue weighted by Gasteiger charge is 2.95. The minimum atomic E-state index is -0.610. The smallest absolute Gasteiger partial charge is 0.199 e. The van der Waals surface area contributed by atoms with E-state index >= 15 is 0 Å². The van der Waals surface area contributed by atoms with Crippen molar-refractivity contribution < 1.29 is 19.4 Å². The fourth-order valence-electron chi connectivity index (χ4n) is 9.90. The van der Waals surface area contributed by atoms with Crippen molar-refractivity contribution in [2.24, 2.45) is 40.4 Å². The molecule has 1 N–H and O–H groups in total. The van der Waals surface area contributed by atoms with Crippen molar-refractivity contribution >= 4 is 5.78 Å². The van der Waals surface area contributed by atoms with Gasteiger partial charge in [0, 0.05) is 23.2 Å². The van der Waals surface area contributed by atoms with Gasteiger partial charge in [-0.2, -0.15) is 0 Å². The number of aliphatic hydroxyl groups is 1. The number of Topliss-reactive ketones (excluding diaryl/α,β-unsaturated/α-hetero) is 1. The molecule has 3 spiro atoms. The number of aliphatic hydroxyl groups excluding tert-OH is 1. The fraction of sp³-hybridized carbons (Fsp3) is 0.964. The number of ether oxygens (including phenoxy) is 2. The van der Waals surface area contributed by atoms with Crippen LogP contribution in [0.15, 0.2) is 0 Å². The zero-order valence-corrected chi connectivity index (χ0v) is 21.1. The molecule has 0 unspecified atom stereocenters. The average Bonchev–Trinajstić information content (AvgIpc) is 3.60. The molecule has 4 nitrogen and oxygen atoms in total. The monoisotopic (exact) mass is 444 g/mol. The third kappa shape index (κ3) is 2.25. The molecule has 6 aliphatic rings. The molecular weight excluding hydrogens is 400 g/mol. The molecule has 0 radical (unpaired) electrons. The predicted octanol–water partition coefficient (Wildman–Crippen LogP) is 5.30. The number of fused-ring (bicyclic) bond motifs is 1. The molecule has 2 heterocycles. The fourth-order valence-corrected chi connectivity index (χ4v) is 9.90. The Labute approximate surface area is 194 Å². The minimum Gasteiger partial charge on any atom is -0.393 e. The highest BCUT2D eigenvalue weighted by atomic mass is 16.7. The van der Waals surface area contributed by atoms with Crippen molar-refractivity contribution in [3.05, 3.63) is 0 Å². The Hall–Kier alpha value is -0.450. The summed E-state index contributed by atoms with van der Waals surface area (Å²) in [7, 11) is 0. The second-order valence-electron chi connectivity index (χ2n) is 13.7. The van der Waals surface area contributed by atoms with Crippen molar-refractivity contribution in [3.8, 4) is 0 Å². The lowest BCUT2D eigenvalue weighted by molar-refractivity contribution is -0.140. The third-order valence-electron chi connectivity index (χ3n) is 12.4. The normalized spacial score (nSPS) is 57.1. The van der Waals surface area contributed by atoms with Gasteiger partial charge in [0.25, 0.3) is 0 Å². The van der Waals surface area contributed by atoms with Gasteiger partial charge >= 0.3 is 0 Å². The number of ketones is 1. The Kier molecular flexibility index (Phi) is 4.41. The largest absolute Gasteiger partial charge is 0.393 e. The number of epoxide rings is 2. The SMILES string of the molecule is CC(C)[C@@H](C)CC[C@@H](C)[C@H]1CC[C@@]23O[C@@]24C(=O)[C@@H]2O[C@@]25C[C@@H](O)CC[C@]5(C)[C@H]4CC[C@]13C. The van der Waals surface area contributed by atoms with Crippen LogP contribution in [0.5, 0.6) is 0 Å². The second-order valence-corrected chi connectivity index (χ2v) is 13.7. The second kappa shape index (κ2) is 6.40. The summed E-state index contributed by atoms with van der Waals surface area (Å²) in [6.07, 6.45) is 8.78. The van der Waals surface area contributed by atoms with Gasteiger partial charge in [0.2, 0.25) is 0 Å². The lowest BCUT2D eigenvalue weighted by Crippen LogP contribution is -2.66. The van der Waals surface area contributed by atoms with Gasteiger partial charge in [-0.25, -0.2) is 0 Å². The molecule has 4 aliphatic carbocycles. The molecule has 0 aromatic rings. The molecule has 6 rings (SSSR count). The summed E-state index contributed by atoms with van der Waals surface area (Å²) in [6, 6.07) is 0. The quantitative estimate of drug-likeness (QED) is 0.585. The van der Waals surface area contributed by atoms with E-state index in [1.807, 2.05) is 0 Å². The lowest BCUT2D eigenvalue weighted by atomic mass is 9.44. The molecule has 180 valence electrons. The maximum atomic E-state index is 14.0. The molecule has 0 amide bonds. The Morgan fingerprint density at radius 3 is 2.44 bits per heavy atom. The van der Waals surface area contributed by atoms with Gasteiger partial charge in [-0.05, 0) is 62.2 Å². The first kappa shape index (κ1) is 22.0. The van der Waals surface area contributed by atoms with E-state index in [9.17, 15) is 9.90 Å². The molecule has 0 aromatic carbocycles. The van der Waals surface area contributed by atoms with Crippen molar-refractivity contribution in [1.82, 2.24) is 0 Å². The maximum absolute atomic E-state index is 14.0. The number of hydrogen-bond acceptors (Lipinski definition) is 4. The van der Waals surface area contributed by atoms with Crippen LogP contribution in [-0.4, -0.2) is 39.9 Å². The van der Waals surface area contributed by atoms with Crippen LogP contribution in [0.1, 0.15) is 99.3 Å². The molecular formula is C28H44O4. The highest BCUT2D eigenvalue weighted by Crippen LogP contribution is 2.83. The predicted molar refractivity (Wildman–Crippen MR) is 123 cm³/mol. The Morgan fingerprint density at radius 2 is 1.72 bits per heavy atom. The van der Waals surface area contributed by atoms with Crippen LogP contribution in [0.2, 0.25) is 0 Å². The summed E-state index contributed by atoms with van der Waals surface area (Å²) in [4.78, 5) is 14.0. The van der Waals surface area contributed by atoms with E-state index in [1.54, 1.807) is 0 Å². The molecule has 0 aromatic heterocycles. The first-order chi connectivity index (χ1) is 15.0. The van der Waals surface area contributed by atoms with Crippen LogP contribution >= 0.6 is 0 Å². The Morgan fingerprint density at radius 1 is 1.00 bits per heavy atom. The minimum absolute atomic E-state index is 0.0496. The third-order valence-corrected chi connectivity index (χ3v) is 12.4. The van der Waals surface area contributed by atoms with E-state index in [0.717, 1.165) is 37.5 Å². The summed E-state index contributed by atoms with van der Waals surface area (Å²) < 4.78 is 13.2. The molecule has 32 heavy (non-hydrogen) atoms. The first-order valence-corrected chi connectivity index (χ1v) is 13.6. The van der Waals surface area contributed by atoms with Gasteiger partial charge < -0.3 is 14.6 Å². The van der Waals surface area contributed by atoms with Gasteiger partial charge in [-0.1, -0.05) is 54.4 Å². The van der Waals surface area contributed by atoms with Crippen LogP contribution in [0.4, 0.5) is 0 Å². The van der Waals surface area contributed by atoms with Crippen LogP contribution < -0.4 is 0 Å². The average molecular weight is 445 g/mol. The molecule has 6 fully saturated rings. The zero-order valence-electron chi connectivity index (χ0n) is 21.1. The van der Waals surface area contributed by atoms with Crippen molar-refractivity contribution in [1.29, 1.82) is 0 Å². The summed E-state index contributed by atoms with van der Waals surface area (Å²) in [5, 5.41) is 10.4. The van der Waals surface area contributed by atoms with E-state index in [2.05, 4.69) is 41.5 Å². The molecule has 0 bridgehead atoms. The number of rotatable bonds is 5. The van der Waals surface area contributed by atoms with Crippen molar-refractivity contribution in [3.63, 3.8) is 0 Å². The van der Waals surface area contributed by atoms with E-state index in [4.69, 9.17) is 9.47 Å². The van der Waals surface area contributed by atoms with Gasteiger partial charge in [0.1, 0.15) is 17.3 Å². The van der Waals surface area contributed by atoms with E-state index in [0.29, 0.717) is 18.3 Å². The Bertz CT molecular complexity index is 839. The van der Waals surface area contributed by atoms with Crippen molar-refractivity contribution in [2.45, 2.75) is 128 Å². The first-order valence-electron chi connectivity index (χ1n) is 13.6. The van der Waals surface area contributed by atoms with Crippen LogP contribution in [0, 0.1) is 40.4 Å². The molecule has 4 heteroatoms. The summed E-state index contributed by atoms with van der Waals surface area (Å²) in [5.41, 5.74) is -1.25. The lowest BCUT2D eigenvalue weighted by Gasteiger charge is -2.55. The van der Waals surface area contributed by atoms with Crippen LogP contribution in [0.3, 0.4) is 0 Å². The van der Waals surface area contributed by atoms with Crippen molar-refractivity contribution in [2.75, 3.05) is 0 Å². The molecule has 11 atom stereocenters. The number of carbonyl (C=O) groups is 1. The van der Waals surface area contributed by atoms with Crippen LogP contribution in [-0.2, 0) is 14.3 Å². The van der Waals surface area contributed by atoms with E-state index < -0.39 is 11.2 Å². The molecule has 2 aliphatic heterocycles. The summed E-state index contributed by atoms with van der Waals surface area (Å²) in [6.45, 7) is 14.4. The van der Waals surface area contributed by atoms with Gasteiger partial charge in [0.05, 0.1) is 6.10 Å². The standard InChI is InChI=1S/C28H44O4/c1-16(2)17(3)7-8-18(4)20-10-14-27-24(20,5)13-11-21-25(6)12-9-19(29)15-26(25)23(31-26)22(30)28(21,27)32-27/h16-21,23,29H,7-15H2,1-6H3/t17-,18+,19-,20+,21+,23-,24+,25+,26-,27-,28-/m0/s1. The van der Waals surface area contributed by atoms with Gasteiger partial charge in [0.15, 0.2) is 11.4 Å². The van der Waals surface area contributed by atoms with Gasteiger partial charge in [-0.15, -0.1) is 0 Å². The van der Waals surface area contributed by atoms with Gasteiger partial charge in [-0.3, -0.25) is 4.79 Å². The Balaban J connectivity index is 1.29. The van der Waals surface area contributed by atoms with E-state index in [1.165, 1.54) is 25.7 Å². The summed E-state index contributed by atoms with van der Waals surface area (Å²) >= 11 is 0.